The van der Waals surface area contributed by atoms with Crippen molar-refractivity contribution in [1.82, 2.24) is 14.9 Å². The van der Waals surface area contributed by atoms with Crippen LogP contribution in [0.1, 0.15) is 16.8 Å². The van der Waals surface area contributed by atoms with E-state index in [1.807, 2.05) is 12.1 Å². The Balaban J connectivity index is 1.52. The maximum Gasteiger partial charge on any atom is 0.417 e. The van der Waals surface area contributed by atoms with E-state index in [4.69, 9.17) is 9.15 Å². The zero-order valence-corrected chi connectivity index (χ0v) is 12.8. The average molecular weight is 325 g/mol. The first kappa shape index (κ1) is 14.5. The van der Waals surface area contributed by atoms with Crippen molar-refractivity contribution in [2.24, 2.45) is 0 Å². The van der Waals surface area contributed by atoms with E-state index in [-0.39, 0.29) is 12.0 Å². The monoisotopic (exact) mass is 325 g/mol. The van der Waals surface area contributed by atoms with E-state index in [2.05, 4.69) is 9.97 Å². The molecule has 2 aromatic heterocycles. The van der Waals surface area contributed by atoms with Crippen molar-refractivity contribution in [1.29, 1.82) is 0 Å². The highest BCUT2D eigenvalue weighted by Crippen LogP contribution is 2.22. The Bertz CT molecular complexity index is 932. The number of fused-ring (bicyclic) bond motifs is 1. The number of benzene rings is 1. The molecule has 1 aromatic carbocycles. The Hall–Kier alpha value is -3.09. The van der Waals surface area contributed by atoms with E-state index < -0.39 is 5.76 Å². The minimum atomic E-state index is -0.567. The summed E-state index contributed by atoms with van der Waals surface area (Å²) in [5, 5.41) is 0. The predicted molar refractivity (Wildman–Crippen MR) is 86.0 cm³/mol. The number of hydrogen-bond donors (Lipinski definition) is 1. The van der Waals surface area contributed by atoms with Gasteiger partial charge in [0, 0.05) is 25.2 Å². The number of aromatic amines is 1. The maximum atomic E-state index is 12.7. The Kier molecular flexibility index (Phi) is 3.53. The second-order valence-corrected chi connectivity index (χ2v) is 5.64. The fourth-order valence-electron chi connectivity index (χ4n) is 2.91. The fourth-order valence-corrected chi connectivity index (χ4v) is 2.91. The molecule has 24 heavy (non-hydrogen) atoms. The minimum absolute atomic E-state index is 0.0960. The molecule has 0 spiro atoms. The second kappa shape index (κ2) is 5.84. The molecule has 0 radical (unpaired) electrons. The number of carbonyl (C=O) groups is 1. The molecule has 0 aliphatic carbocycles. The summed E-state index contributed by atoms with van der Waals surface area (Å²) in [6.45, 7) is 1.06. The number of pyridine rings is 1. The van der Waals surface area contributed by atoms with Crippen molar-refractivity contribution in [2.45, 2.75) is 12.5 Å². The third-order valence-corrected chi connectivity index (χ3v) is 4.03. The van der Waals surface area contributed by atoms with Gasteiger partial charge in [0.2, 0.25) is 5.88 Å². The lowest BCUT2D eigenvalue weighted by Gasteiger charge is -2.17. The Morgan fingerprint density at radius 1 is 1.29 bits per heavy atom. The van der Waals surface area contributed by atoms with Crippen molar-refractivity contribution in [3.8, 4) is 5.88 Å². The predicted octanol–water partition coefficient (Wildman–Crippen LogP) is 1.81. The molecule has 1 fully saturated rings. The van der Waals surface area contributed by atoms with E-state index in [0.717, 1.165) is 6.42 Å². The summed E-state index contributed by atoms with van der Waals surface area (Å²) in [5.41, 5.74) is 1.19. The summed E-state index contributed by atoms with van der Waals surface area (Å²) in [5.74, 6) is -0.186. The maximum absolute atomic E-state index is 12.7. The van der Waals surface area contributed by atoms with Crippen molar-refractivity contribution in [3.63, 3.8) is 0 Å². The zero-order valence-electron chi connectivity index (χ0n) is 12.8. The van der Waals surface area contributed by atoms with Gasteiger partial charge in [0.05, 0.1) is 17.6 Å². The molecule has 0 saturated carbocycles. The van der Waals surface area contributed by atoms with E-state index >= 15 is 0 Å². The number of H-pyrrole nitrogens is 1. The Morgan fingerprint density at radius 3 is 3.04 bits per heavy atom. The van der Waals surface area contributed by atoms with Crippen LogP contribution in [0.5, 0.6) is 5.88 Å². The standard InChI is InChI=1S/C17H15N3O4/c21-16(12-4-3-5-13-15(12)24-17(22)19-13)20-9-7-11(10-20)23-14-6-1-2-8-18-14/h1-6,8,11H,7,9-10H2,(H,19,22). The fraction of sp³-hybridized carbons (Fsp3) is 0.235. The number of para-hydroxylation sites is 1. The molecule has 4 rings (SSSR count). The van der Waals surface area contributed by atoms with E-state index in [1.54, 1.807) is 35.4 Å². The number of carbonyl (C=O) groups excluding carboxylic acids is 1. The third-order valence-electron chi connectivity index (χ3n) is 4.03. The molecular weight excluding hydrogens is 310 g/mol. The quantitative estimate of drug-likeness (QED) is 0.793. The first-order valence-electron chi connectivity index (χ1n) is 7.69. The number of nitrogens with zero attached hydrogens (tertiary/aromatic N) is 2. The van der Waals surface area contributed by atoms with Gasteiger partial charge in [-0.3, -0.25) is 9.78 Å². The molecule has 1 N–H and O–H groups in total. The summed E-state index contributed by atoms with van der Waals surface area (Å²) >= 11 is 0. The lowest BCUT2D eigenvalue weighted by Crippen LogP contribution is -2.31. The second-order valence-electron chi connectivity index (χ2n) is 5.64. The van der Waals surface area contributed by atoms with Crippen molar-refractivity contribution < 1.29 is 13.9 Å². The molecule has 1 unspecified atom stereocenters. The normalized spacial score (nSPS) is 17.3. The van der Waals surface area contributed by atoms with Crippen molar-refractivity contribution in [2.75, 3.05) is 13.1 Å². The van der Waals surface area contributed by atoms with Gasteiger partial charge in [0.15, 0.2) is 5.58 Å². The van der Waals surface area contributed by atoms with Gasteiger partial charge in [-0.05, 0) is 18.2 Å². The number of hydrogen-bond acceptors (Lipinski definition) is 5. The zero-order chi connectivity index (χ0) is 16.5. The van der Waals surface area contributed by atoms with Crippen molar-refractivity contribution >= 4 is 17.0 Å². The first-order valence-corrected chi connectivity index (χ1v) is 7.69. The molecular formula is C17H15N3O4. The summed E-state index contributed by atoms with van der Waals surface area (Å²) in [4.78, 5) is 32.5. The van der Waals surface area contributed by atoms with Gasteiger partial charge in [0.25, 0.3) is 5.91 Å². The molecule has 3 heterocycles. The number of nitrogens with one attached hydrogen (secondary N) is 1. The molecule has 1 saturated heterocycles. The SMILES string of the molecule is O=C(c1cccc2[nH]c(=O)oc12)N1CCC(Oc2ccccn2)C1. The number of amides is 1. The molecule has 1 aliphatic heterocycles. The first-order chi connectivity index (χ1) is 11.7. The minimum Gasteiger partial charge on any atom is -0.472 e. The van der Waals surface area contributed by atoms with E-state index in [0.29, 0.717) is 35.6 Å². The number of rotatable bonds is 3. The van der Waals surface area contributed by atoms with Crippen LogP contribution in [0.4, 0.5) is 0 Å². The lowest BCUT2D eigenvalue weighted by molar-refractivity contribution is 0.0772. The van der Waals surface area contributed by atoms with Crippen LogP contribution in [0, 0.1) is 0 Å². The van der Waals surface area contributed by atoms with Crippen LogP contribution in [0.2, 0.25) is 0 Å². The van der Waals surface area contributed by atoms with Crippen LogP contribution >= 0.6 is 0 Å². The van der Waals surface area contributed by atoms with Crippen LogP contribution in [-0.4, -0.2) is 40.0 Å². The van der Waals surface area contributed by atoms with Gasteiger partial charge in [-0.15, -0.1) is 0 Å². The highest BCUT2D eigenvalue weighted by molar-refractivity contribution is 6.04. The van der Waals surface area contributed by atoms with E-state index in [9.17, 15) is 9.59 Å². The van der Waals surface area contributed by atoms with Gasteiger partial charge in [-0.25, -0.2) is 9.78 Å². The lowest BCUT2D eigenvalue weighted by atomic mass is 10.1. The molecule has 1 amide bonds. The number of ether oxygens (including phenoxy) is 1. The highest BCUT2D eigenvalue weighted by atomic mass is 16.5. The van der Waals surface area contributed by atoms with Crippen LogP contribution < -0.4 is 10.5 Å². The summed E-state index contributed by atoms with van der Waals surface area (Å²) in [6, 6.07) is 10.6. The largest absolute Gasteiger partial charge is 0.472 e. The molecule has 122 valence electrons. The molecule has 7 heteroatoms. The summed E-state index contributed by atoms with van der Waals surface area (Å²) in [6.07, 6.45) is 2.30. The van der Waals surface area contributed by atoms with Gasteiger partial charge in [0.1, 0.15) is 6.10 Å². The number of aromatic nitrogens is 2. The number of likely N-dealkylation sites (tertiary alicyclic amines) is 1. The average Bonchev–Trinajstić information content (AvgIpc) is 3.20. The van der Waals surface area contributed by atoms with Crippen LogP contribution in [-0.2, 0) is 0 Å². The van der Waals surface area contributed by atoms with E-state index in [1.165, 1.54) is 0 Å². The van der Waals surface area contributed by atoms with Gasteiger partial charge < -0.3 is 14.1 Å². The smallest absolute Gasteiger partial charge is 0.417 e. The van der Waals surface area contributed by atoms with Crippen LogP contribution in [0.15, 0.2) is 51.8 Å². The molecule has 3 aromatic rings. The topological polar surface area (TPSA) is 88.4 Å². The Morgan fingerprint density at radius 2 is 2.21 bits per heavy atom. The Labute approximate surface area is 136 Å². The number of oxazole rings is 1. The molecule has 1 aliphatic rings. The van der Waals surface area contributed by atoms with Crippen LogP contribution in [0.25, 0.3) is 11.1 Å². The van der Waals surface area contributed by atoms with Crippen molar-refractivity contribution in [3.05, 3.63) is 58.7 Å². The van der Waals surface area contributed by atoms with Crippen LogP contribution in [0.3, 0.4) is 0 Å². The third kappa shape index (κ3) is 2.64. The molecule has 1 atom stereocenters. The summed E-state index contributed by atoms with van der Waals surface area (Å²) < 4.78 is 10.9. The van der Waals surface area contributed by atoms with Gasteiger partial charge in [-0.1, -0.05) is 12.1 Å². The molecule has 0 bridgehead atoms. The van der Waals surface area contributed by atoms with Gasteiger partial charge >= 0.3 is 5.76 Å². The van der Waals surface area contributed by atoms with Gasteiger partial charge in [-0.2, -0.15) is 0 Å². The highest BCUT2D eigenvalue weighted by Gasteiger charge is 2.30. The summed E-state index contributed by atoms with van der Waals surface area (Å²) in [7, 11) is 0. The molecule has 7 nitrogen and oxygen atoms in total.